The van der Waals surface area contributed by atoms with E-state index in [9.17, 15) is 8.42 Å². The predicted octanol–water partition coefficient (Wildman–Crippen LogP) is 1.42. The maximum Gasteiger partial charge on any atom is 0.201 e. The van der Waals surface area contributed by atoms with Crippen LogP contribution in [-0.4, -0.2) is 32.0 Å². The molecule has 14 heavy (non-hydrogen) atoms. The van der Waals surface area contributed by atoms with Crippen LogP contribution in [0.1, 0.15) is 0 Å². The fraction of sp³-hybridized carbons (Fsp3) is 1.00. The fourth-order valence-electron chi connectivity index (χ4n) is 1.01. The Morgan fingerprint density at radius 2 is 1.79 bits per heavy atom. The quantitative estimate of drug-likeness (QED) is 0.309. The van der Waals surface area contributed by atoms with E-state index in [4.69, 9.17) is 11.1 Å². The summed E-state index contributed by atoms with van der Waals surface area (Å²) < 4.78 is 22.3. The second kappa shape index (κ2) is 4.43. The van der Waals surface area contributed by atoms with Gasteiger partial charge in [-0.05, 0) is 21.9 Å². The lowest BCUT2D eigenvalue weighted by Gasteiger charge is -2.23. The minimum Gasteiger partial charge on any atom is -0.217 e. The van der Waals surface area contributed by atoms with Crippen molar-refractivity contribution in [1.82, 2.24) is 0 Å². The van der Waals surface area contributed by atoms with E-state index >= 15 is 0 Å². The maximum atomic E-state index is 11.1. The Bertz CT molecular complexity index is 406. The highest BCUT2D eigenvalue weighted by atomic mass is 33.1. The molecule has 10 heteroatoms. The van der Waals surface area contributed by atoms with Gasteiger partial charge in [0.05, 0.1) is 17.8 Å². The van der Waals surface area contributed by atoms with Crippen LogP contribution in [0.4, 0.5) is 0 Å². The summed E-state index contributed by atoms with van der Waals surface area (Å²) in [7, 11) is -2.51. The highest BCUT2D eigenvalue weighted by Crippen LogP contribution is 2.27. The van der Waals surface area contributed by atoms with Crippen LogP contribution in [-0.2, 0) is 8.87 Å². The minimum absolute atomic E-state index is 0.135. The van der Waals surface area contributed by atoms with Gasteiger partial charge in [-0.15, -0.1) is 0 Å². The number of hydrogen-bond donors (Lipinski definition) is 0. The average molecular weight is 234 g/mol. The third-order valence-electron chi connectivity index (χ3n) is 1.64. The Morgan fingerprint density at radius 1 is 1.21 bits per heavy atom. The molecule has 8 nitrogen and oxygen atoms in total. The second-order valence-electron chi connectivity index (χ2n) is 2.55. The molecule has 0 aromatic heterocycles. The summed E-state index contributed by atoms with van der Waals surface area (Å²) in [4.78, 5) is 5.10. The van der Waals surface area contributed by atoms with E-state index in [1.54, 1.807) is 0 Å². The van der Waals surface area contributed by atoms with Gasteiger partial charge in [0.15, 0.2) is 0 Å². The van der Waals surface area contributed by atoms with E-state index in [2.05, 4.69) is 20.1 Å². The summed E-state index contributed by atoms with van der Waals surface area (Å²) in [6.45, 7) is 0. The number of rotatable bonds is 2. The monoisotopic (exact) mass is 234 g/mol. The zero-order valence-electron chi connectivity index (χ0n) is 6.89. The number of azide groups is 2. The van der Waals surface area contributed by atoms with Gasteiger partial charge in [0.25, 0.3) is 0 Å². The van der Waals surface area contributed by atoms with Gasteiger partial charge in [-0.1, -0.05) is 10.2 Å². The van der Waals surface area contributed by atoms with Crippen LogP contribution in [0.15, 0.2) is 10.2 Å². The van der Waals surface area contributed by atoms with Gasteiger partial charge in [-0.2, -0.15) is 0 Å². The molecule has 1 aliphatic rings. The van der Waals surface area contributed by atoms with Crippen molar-refractivity contribution < 1.29 is 8.42 Å². The highest BCUT2D eigenvalue weighted by molar-refractivity contribution is 8.72. The van der Waals surface area contributed by atoms with Crippen LogP contribution >= 0.6 is 10.8 Å². The molecule has 1 heterocycles. The summed E-state index contributed by atoms with van der Waals surface area (Å²) in [5, 5.41) is 6.68. The second-order valence-corrected chi connectivity index (χ2v) is 6.80. The van der Waals surface area contributed by atoms with E-state index in [1.807, 2.05) is 0 Å². The van der Waals surface area contributed by atoms with E-state index in [0.717, 1.165) is 10.8 Å². The normalized spacial score (nSPS) is 29.7. The van der Waals surface area contributed by atoms with Crippen LogP contribution in [0, 0.1) is 0 Å². The highest BCUT2D eigenvalue weighted by Gasteiger charge is 2.32. The summed E-state index contributed by atoms with van der Waals surface area (Å²) in [5.41, 5.74) is 16.4. The lowest BCUT2D eigenvalue weighted by molar-refractivity contribution is 0.566. The molecule has 0 amide bonds. The molecular weight excluding hydrogens is 228 g/mol. The van der Waals surface area contributed by atoms with Crippen molar-refractivity contribution in [2.45, 2.75) is 12.1 Å². The third kappa shape index (κ3) is 2.71. The first-order chi connectivity index (χ1) is 6.59. The molecule has 0 radical (unpaired) electrons. The van der Waals surface area contributed by atoms with Crippen molar-refractivity contribution in [3.63, 3.8) is 0 Å². The molecule has 1 saturated heterocycles. The van der Waals surface area contributed by atoms with E-state index in [1.165, 1.54) is 0 Å². The van der Waals surface area contributed by atoms with Crippen LogP contribution in [0.2, 0.25) is 0 Å². The van der Waals surface area contributed by atoms with Gasteiger partial charge in [0, 0.05) is 15.6 Å². The minimum atomic E-state index is -3.24. The third-order valence-corrected chi connectivity index (χ3v) is 5.12. The first-order valence-electron chi connectivity index (χ1n) is 3.54. The molecule has 1 rings (SSSR count). The Kier molecular flexibility index (Phi) is 3.48. The Hall–Kier alpha value is -1.08. The summed E-state index contributed by atoms with van der Waals surface area (Å²) in [6, 6.07) is -1.37. The van der Waals surface area contributed by atoms with Gasteiger partial charge < -0.3 is 0 Å². The van der Waals surface area contributed by atoms with Crippen molar-refractivity contribution in [3.05, 3.63) is 20.9 Å². The van der Waals surface area contributed by atoms with Crippen molar-refractivity contribution in [2.24, 2.45) is 10.2 Å². The lowest BCUT2D eigenvalue weighted by Crippen LogP contribution is -2.35. The first-order valence-corrected chi connectivity index (χ1v) is 6.70. The number of hydrogen-bond acceptors (Lipinski definition) is 5. The molecule has 0 unspecified atom stereocenters. The molecule has 76 valence electrons. The lowest BCUT2D eigenvalue weighted by atomic mass is 10.2. The van der Waals surface area contributed by atoms with Gasteiger partial charge in [-0.25, -0.2) is 8.42 Å². The Labute approximate surface area is 83.2 Å². The van der Waals surface area contributed by atoms with Crippen molar-refractivity contribution in [3.8, 4) is 0 Å². The van der Waals surface area contributed by atoms with Crippen LogP contribution in [0.3, 0.4) is 0 Å². The topological polar surface area (TPSA) is 132 Å². The van der Waals surface area contributed by atoms with Crippen LogP contribution in [0.5, 0.6) is 0 Å². The molecule has 1 fully saturated rings. The van der Waals surface area contributed by atoms with Gasteiger partial charge >= 0.3 is 0 Å². The summed E-state index contributed by atoms with van der Waals surface area (Å²) in [6.07, 6.45) is 0. The standard InChI is InChI=1S/C4H6N6O2S2/c5-9-7-3-1-13-14(11,12)2-4(3)8-10-6/h3-4H,1-2H2/t3-,4+/m1/s1. The molecule has 1 aliphatic heterocycles. The molecule has 0 aliphatic carbocycles. The first kappa shape index (κ1) is 11.0. The molecular formula is C4H6N6O2S2. The largest absolute Gasteiger partial charge is 0.217 e. The maximum absolute atomic E-state index is 11.1. The predicted molar refractivity (Wildman–Crippen MR) is 52.1 cm³/mol. The molecule has 2 atom stereocenters. The molecule has 0 bridgehead atoms. The van der Waals surface area contributed by atoms with Gasteiger partial charge in [0.1, 0.15) is 0 Å². The molecule has 0 N–H and O–H groups in total. The number of nitrogens with zero attached hydrogens (tertiary/aromatic N) is 6. The average Bonchev–Trinajstić information content (AvgIpc) is 2.10. The Morgan fingerprint density at radius 3 is 2.36 bits per heavy atom. The molecule has 0 aromatic carbocycles. The van der Waals surface area contributed by atoms with E-state index in [-0.39, 0.29) is 11.5 Å². The SMILES string of the molecule is [N-]=[N+]=N[C@H]1CS(=O)(=O)SC[C@H]1N=[N+]=[N-]. The molecule has 0 spiro atoms. The molecule has 0 aromatic rings. The Balaban J connectivity index is 2.91. The molecule has 0 saturated carbocycles. The van der Waals surface area contributed by atoms with Gasteiger partial charge in [-0.3, -0.25) is 0 Å². The fourth-order valence-corrected chi connectivity index (χ4v) is 4.19. The van der Waals surface area contributed by atoms with Crippen molar-refractivity contribution in [1.29, 1.82) is 0 Å². The van der Waals surface area contributed by atoms with Crippen LogP contribution in [0.25, 0.3) is 20.9 Å². The zero-order valence-corrected chi connectivity index (χ0v) is 8.52. The van der Waals surface area contributed by atoms with Gasteiger partial charge in [0.2, 0.25) is 8.87 Å². The van der Waals surface area contributed by atoms with E-state index < -0.39 is 21.0 Å². The zero-order chi connectivity index (χ0) is 10.6. The smallest absolute Gasteiger partial charge is 0.201 e. The summed E-state index contributed by atoms with van der Waals surface area (Å²) in [5.74, 6) is -0.137. The summed E-state index contributed by atoms with van der Waals surface area (Å²) >= 11 is 0. The van der Waals surface area contributed by atoms with Crippen molar-refractivity contribution in [2.75, 3.05) is 11.5 Å². The van der Waals surface area contributed by atoms with Crippen molar-refractivity contribution >= 4 is 19.7 Å². The van der Waals surface area contributed by atoms with Crippen LogP contribution < -0.4 is 0 Å². The van der Waals surface area contributed by atoms with E-state index in [0.29, 0.717) is 0 Å².